The van der Waals surface area contributed by atoms with E-state index in [1.54, 1.807) is 18.2 Å². The van der Waals surface area contributed by atoms with Gasteiger partial charge in [-0.3, -0.25) is 18.0 Å². The van der Waals surface area contributed by atoms with Gasteiger partial charge >= 0.3 is 0 Å². The van der Waals surface area contributed by atoms with Crippen LogP contribution in [0.5, 0.6) is 0 Å². The Labute approximate surface area is 207 Å². The Bertz CT molecular complexity index is 666. The highest BCUT2D eigenvalue weighted by atomic mass is 127. The Balaban J connectivity index is 1.99. The van der Waals surface area contributed by atoms with Crippen LogP contribution in [0.1, 0.15) is 120 Å². The second-order valence-electron chi connectivity index (χ2n) is 8.28. The summed E-state index contributed by atoms with van der Waals surface area (Å²) in [5, 5.41) is 2.43. The predicted octanol–water partition coefficient (Wildman–Crippen LogP) is 8.45. The van der Waals surface area contributed by atoms with E-state index in [1.807, 2.05) is 0 Å². The zero-order valence-electron chi connectivity index (χ0n) is 19.0. The summed E-state index contributed by atoms with van der Waals surface area (Å²) >= 11 is 1.85. The fraction of sp³-hybridized carbons (Fsp3) is 0.680. The lowest BCUT2D eigenvalue weighted by Gasteiger charge is -2.06. The van der Waals surface area contributed by atoms with Gasteiger partial charge in [0.15, 0.2) is 21.2 Å². The SMILES string of the molecule is CCCCCCCCCCCCCCCCCC(=O)NC(=O)c1cc(Br)ccc1I=O. The molecule has 0 saturated heterocycles. The maximum Gasteiger partial charge on any atom is 0.259 e. The Morgan fingerprint density at radius 2 is 1.29 bits per heavy atom. The molecule has 1 aromatic rings. The number of amides is 2. The lowest BCUT2D eigenvalue weighted by atomic mass is 10.0. The number of benzene rings is 1. The van der Waals surface area contributed by atoms with Gasteiger partial charge in [-0.1, -0.05) is 113 Å². The second-order valence-corrected chi connectivity index (χ2v) is 10.8. The largest absolute Gasteiger partial charge is 0.292 e. The van der Waals surface area contributed by atoms with Gasteiger partial charge in [0, 0.05) is 10.9 Å². The van der Waals surface area contributed by atoms with E-state index in [-0.39, 0.29) is 5.91 Å². The summed E-state index contributed by atoms with van der Waals surface area (Å²) in [6.07, 6.45) is 19.6. The van der Waals surface area contributed by atoms with E-state index < -0.39 is 27.1 Å². The zero-order valence-corrected chi connectivity index (χ0v) is 22.8. The molecule has 0 fully saturated rings. The van der Waals surface area contributed by atoms with E-state index in [0.717, 1.165) is 23.7 Å². The van der Waals surface area contributed by atoms with Gasteiger partial charge < -0.3 is 0 Å². The quantitative estimate of drug-likeness (QED) is 0.134. The minimum absolute atomic E-state index is 0.255. The van der Waals surface area contributed by atoms with E-state index >= 15 is 0 Å². The molecule has 0 bridgehead atoms. The molecule has 6 heteroatoms. The van der Waals surface area contributed by atoms with Gasteiger partial charge in [-0.15, -0.1) is 0 Å². The maximum atomic E-state index is 12.3. The van der Waals surface area contributed by atoms with Crippen molar-refractivity contribution in [3.05, 3.63) is 31.8 Å². The van der Waals surface area contributed by atoms with Crippen molar-refractivity contribution in [2.24, 2.45) is 0 Å². The van der Waals surface area contributed by atoms with Gasteiger partial charge in [-0.25, -0.2) is 0 Å². The second kappa shape index (κ2) is 18.9. The van der Waals surface area contributed by atoms with Crippen LogP contribution in [0, 0.1) is 3.57 Å². The molecule has 2 amide bonds. The highest BCUT2D eigenvalue weighted by molar-refractivity contribution is 14.1. The van der Waals surface area contributed by atoms with Gasteiger partial charge in [0.25, 0.3) is 5.91 Å². The van der Waals surface area contributed by atoms with E-state index in [2.05, 4.69) is 28.2 Å². The fourth-order valence-electron chi connectivity index (χ4n) is 3.65. The summed E-state index contributed by atoms with van der Waals surface area (Å²) < 4.78 is 12.6. The van der Waals surface area contributed by atoms with Gasteiger partial charge in [0.05, 0.1) is 9.13 Å². The number of hydrogen-bond acceptors (Lipinski definition) is 3. The number of rotatable bonds is 18. The first-order chi connectivity index (χ1) is 15.1. The molecule has 0 spiro atoms. The fourth-order valence-corrected chi connectivity index (χ4v) is 4.98. The van der Waals surface area contributed by atoms with Crippen LogP contribution in [0.15, 0.2) is 22.7 Å². The summed E-state index contributed by atoms with van der Waals surface area (Å²) in [6, 6.07) is 5.03. The van der Waals surface area contributed by atoms with Gasteiger partial charge in [0.2, 0.25) is 5.91 Å². The van der Waals surface area contributed by atoms with Crippen LogP contribution < -0.4 is 5.32 Å². The molecule has 1 aromatic carbocycles. The highest BCUT2D eigenvalue weighted by Gasteiger charge is 2.15. The third-order valence-electron chi connectivity index (χ3n) is 5.52. The first-order valence-corrected chi connectivity index (χ1v) is 14.7. The van der Waals surface area contributed by atoms with Crippen molar-refractivity contribution in [2.75, 3.05) is 0 Å². The molecule has 4 nitrogen and oxygen atoms in total. The van der Waals surface area contributed by atoms with E-state index in [9.17, 15) is 12.7 Å². The molecule has 0 heterocycles. The summed E-state index contributed by atoms with van der Waals surface area (Å²) in [5.41, 5.74) is 0.321. The number of carbonyl (C=O) groups excluding carboxylic acids is 2. The van der Waals surface area contributed by atoms with Crippen molar-refractivity contribution in [1.29, 1.82) is 0 Å². The average molecular weight is 608 g/mol. The van der Waals surface area contributed by atoms with Crippen LogP contribution in [-0.2, 0) is 7.86 Å². The number of nitrogens with one attached hydrogen (secondary N) is 1. The van der Waals surface area contributed by atoms with Gasteiger partial charge in [-0.2, -0.15) is 0 Å². The molecule has 1 rings (SSSR count). The average Bonchev–Trinajstić information content (AvgIpc) is 2.76. The number of unbranched alkanes of at least 4 members (excludes halogenated alkanes) is 14. The zero-order chi connectivity index (χ0) is 22.7. The topological polar surface area (TPSA) is 63.2 Å². The number of imide groups is 1. The molecule has 176 valence electrons. The summed E-state index contributed by atoms with van der Waals surface area (Å²) in [6.45, 7) is 2.26. The standard InChI is InChI=1S/C25H39BrINO3/c1-2-3-4-5-6-7-8-9-10-11-12-13-14-15-16-17-24(29)28-25(30)22-20-21(26)18-19-23(22)27-31/h18-20H,2-17H2,1H3,(H,28,29,30). The van der Waals surface area contributed by atoms with E-state index in [0.29, 0.717) is 15.6 Å². The Hall–Kier alpha value is -0.630. The first kappa shape index (κ1) is 28.4. The van der Waals surface area contributed by atoms with Crippen LogP contribution in [-0.4, -0.2) is 11.8 Å². The minimum Gasteiger partial charge on any atom is -0.292 e. The number of hydrogen-bond donors (Lipinski definition) is 1. The maximum absolute atomic E-state index is 12.3. The molecular formula is C25H39BrINO3. The first-order valence-electron chi connectivity index (χ1n) is 12.0. The Morgan fingerprint density at radius 1 is 0.806 bits per heavy atom. The van der Waals surface area contributed by atoms with Crippen molar-refractivity contribution >= 4 is 48.9 Å². The third kappa shape index (κ3) is 14.2. The monoisotopic (exact) mass is 607 g/mol. The van der Waals surface area contributed by atoms with Gasteiger partial charge in [0.1, 0.15) is 0 Å². The lowest BCUT2D eigenvalue weighted by Crippen LogP contribution is -2.30. The van der Waals surface area contributed by atoms with Crippen LogP contribution in [0.2, 0.25) is 0 Å². The Kier molecular flexibility index (Phi) is 17.3. The van der Waals surface area contributed by atoms with Crippen LogP contribution in [0.3, 0.4) is 0 Å². The number of halogens is 2. The van der Waals surface area contributed by atoms with E-state index in [4.69, 9.17) is 0 Å². The lowest BCUT2D eigenvalue weighted by molar-refractivity contribution is -0.120. The molecule has 0 atom stereocenters. The third-order valence-corrected chi connectivity index (χ3v) is 7.42. The van der Waals surface area contributed by atoms with E-state index in [1.165, 1.54) is 77.0 Å². The van der Waals surface area contributed by atoms with Crippen LogP contribution in [0.25, 0.3) is 0 Å². The Morgan fingerprint density at radius 3 is 1.77 bits per heavy atom. The van der Waals surface area contributed by atoms with Crippen LogP contribution >= 0.6 is 37.1 Å². The molecule has 0 aliphatic heterocycles. The van der Waals surface area contributed by atoms with Gasteiger partial charge in [-0.05, 0) is 24.6 Å². The van der Waals surface area contributed by atoms with Crippen LogP contribution in [0.4, 0.5) is 0 Å². The molecule has 0 radical (unpaired) electrons. The molecule has 1 N–H and O–H groups in total. The van der Waals surface area contributed by atoms with Crippen molar-refractivity contribution in [3.8, 4) is 0 Å². The normalized spacial score (nSPS) is 10.9. The molecule has 0 aromatic heterocycles. The molecular weight excluding hydrogens is 569 g/mol. The molecule has 0 unspecified atom stereocenters. The molecule has 0 aliphatic rings. The predicted molar refractivity (Wildman–Crippen MR) is 140 cm³/mol. The minimum atomic E-state index is -1.46. The summed E-state index contributed by atoms with van der Waals surface area (Å²) in [7, 11) is 0. The summed E-state index contributed by atoms with van der Waals surface area (Å²) in [4.78, 5) is 24.3. The van der Waals surface area contributed by atoms with Crippen molar-refractivity contribution in [1.82, 2.24) is 5.32 Å². The summed E-state index contributed by atoms with van der Waals surface area (Å²) in [5.74, 6) is -0.715. The van der Waals surface area contributed by atoms with Crippen molar-refractivity contribution in [2.45, 2.75) is 110 Å². The molecule has 0 saturated carbocycles. The smallest absolute Gasteiger partial charge is 0.259 e. The molecule has 0 aliphatic carbocycles. The highest BCUT2D eigenvalue weighted by Crippen LogP contribution is 2.21. The van der Waals surface area contributed by atoms with Crippen molar-refractivity contribution in [3.63, 3.8) is 0 Å². The number of carbonyl (C=O) groups is 2. The molecule has 31 heavy (non-hydrogen) atoms. The van der Waals surface area contributed by atoms with Crippen molar-refractivity contribution < 1.29 is 12.7 Å².